The molecule has 0 unspecified atom stereocenters. The van der Waals surface area contributed by atoms with Crippen molar-refractivity contribution >= 4 is 11.4 Å². The summed E-state index contributed by atoms with van der Waals surface area (Å²) in [5.74, 6) is 0. The summed E-state index contributed by atoms with van der Waals surface area (Å²) >= 11 is 0. The van der Waals surface area contributed by atoms with Crippen LogP contribution in [0.5, 0.6) is 0 Å². The van der Waals surface area contributed by atoms with Crippen LogP contribution in [-0.4, -0.2) is 32.1 Å². The van der Waals surface area contributed by atoms with Gasteiger partial charge in [-0.3, -0.25) is 0 Å². The summed E-state index contributed by atoms with van der Waals surface area (Å²) in [6, 6.07) is 8.58. The lowest BCUT2D eigenvalue weighted by Gasteiger charge is -2.18. The fourth-order valence-corrected chi connectivity index (χ4v) is 3.02. The molecule has 3 nitrogen and oxygen atoms in total. The summed E-state index contributed by atoms with van der Waals surface area (Å²) in [4.78, 5) is 2.23. The lowest BCUT2D eigenvalue weighted by Crippen LogP contribution is -2.78. The minimum atomic E-state index is 1.04. The van der Waals surface area contributed by atoms with Crippen molar-refractivity contribution in [1.82, 2.24) is 4.90 Å². The molecule has 0 bridgehead atoms. The van der Waals surface area contributed by atoms with Crippen LogP contribution in [0.15, 0.2) is 29.8 Å². The van der Waals surface area contributed by atoms with E-state index in [9.17, 15) is 0 Å². The number of allylic oxidation sites excluding steroid dienone is 1. The number of nitrogens with two attached hydrogens (primary N) is 2. The molecule has 21 heavy (non-hydrogen) atoms. The summed E-state index contributed by atoms with van der Waals surface area (Å²) in [5.41, 5.74) is 11.5. The summed E-state index contributed by atoms with van der Waals surface area (Å²) in [6.45, 7) is 2.24. The van der Waals surface area contributed by atoms with Crippen molar-refractivity contribution in [3.05, 3.63) is 35.4 Å². The third-order valence-corrected chi connectivity index (χ3v) is 4.26. The number of benzene rings is 1. The van der Waals surface area contributed by atoms with Crippen molar-refractivity contribution in [2.24, 2.45) is 5.73 Å². The summed E-state index contributed by atoms with van der Waals surface area (Å²) < 4.78 is 0. The smallest absolute Gasteiger partial charge is 0.138 e. The van der Waals surface area contributed by atoms with Gasteiger partial charge in [-0.25, -0.2) is 0 Å². The van der Waals surface area contributed by atoms with Gasteiger partial charge in [-0.05, 0) is 57.5 Å². The molecule has 0 aromatic heterocycles. The average molecular weight is 288 g/mol. The van der Waals surface area contributed by atoms with Gasteiger partial charge in [0.25, 0.3) is 0 Å². The first kappa shape index (κ1) is 16.1. The van der Waals surface area contributed by atoms with E-state index >= 15 is 0 Å². The number of rotatable bonds is 6. The van der Waals surface area contributed by atoms with Crippen molar-refractivity contribution < 1.29 is 5.32 Å². The molecule has 0 aliphatic heterocycles. The Morgan fingerprint density at radius 3 is 2.57 bits per heavy atom. The molecule has 0 radical (unpaired) electrons. The predicted octanol–water partition coefficient (Wildman–Crippen LogP) is 2.47. The van der Waals surface area contributed by atoms with Crippen molar-refractivity contribution in [3.63, 3.8) is 0 Å². The van der Waals surface area contributed by atoms with Gasteiger partial charge in [0.2, 0.25) is 0 Å². The molecule has 1 aliphatic carbocycles. The van der Waals surface area contributed by atoms with Crippen LogP contribution in [0.4, 0.5) is 5.69 Å². The molecule has 3 heteroatoms. The molecule has 0 heterocycles. The highest BCUT2D eigenvalue weighted by Crippen LogP contribution is 2.29. The quantitative estimate of drug-likeness (QED) is 0.624. The Bertz CT molecular complexity index is 469. The predicted molar refractivity (Wildman–Crippen MR) is 90.3 cm³/mol. The van der Waals surface area contributed by atoms with Gasteiger partial charge in [0.1, 0.15) is 5.69 Å². The first-order valence-electron chi connectivity index (χ1n) is 8.23. The maximum atomic E-state index is 6.47. The second-order valence-corrected chi connectivity index (χ2v) is 6.31. The van der Waals surface area contributed by atoms with Gasteiger partial charge in [0.05, 0.1) is 12.1 Å². The van der Waals surface area contributed by atoms with E-state index in [2.05, 4.69) is 48.6 Å². The monoisotopic (exact) mass is 288 g/mol. The summed E-state index contributed by atoms with van der Waals surface area (Å²) in [6.07, 6.45) is 7.50. The van der Waals surface area contributed by atoms with Gasteiger partial charge in [-0.15, -0.1) is 0 Å². The second kappa shape index (κ2) is 8.20. The van der Waals surface area contributed by atoms with Crippen LogP contribution < -0.4 is 11.1 Å². The SMILES string of the molecule is CN(C)CCC[NH2+]c1ccccc1C(N)=C1CCCCC1. The van der Waals surface area contributed by atoms with Gasteiger partial charge in [0.15, 0.2) is 0 Å². The maximum Gasteiger partial charge on any atom is 0.138 e. The Kier molecular flexibility index (Phi) is 6.27. The molecule has 1 fully saturated rings. The van der Waals surface area contributed by atoms with Crippen LogP contribution in [-0.2, 0) is 0 Å². The molecular formula is C18H30N3+. The molecule has 1 aromatic carbocycles. The molecule has 4 N–H and O–H groups in total. The zero-order chi connectivity index (χ0) is 15.1. The van der Waals surface area contributed by atoms with Crippen LogP contribution in [0.25, 0.3) is 5.70 Å². The van der Waals surface area contributed by atoms with Gasteiger partial charge >= 0.3 is 0 Å². The Morgan fingerprint density at radius 1 is 1.14 bits per heavy atom. The van der Waals surface area contributed by atoms with Gasteiger partial charge < -0.3 is 16.0 Å². The molecule has 0 atom stereocenters. The van der Waals surface area contributed by atoms with E-state index in [0.717, 1.165) is 18.8 Å². The maximum absolute atomic E-state index is 6.47. The van der Waals surface area contributed by atoms with Crippen molar-refractivity contribution in [3.8, 4) is 0 Å². The van der Waals surface area contributed by atoms with E-state index in [0.29, 0.717) is 0 Å². The van der Waals surface area contributed by atoms with Crippen molar-refractivity contribution in [2.75, 3.05) is 27.2 Å². The van der Waals surface area contributed by atoms with E-state index in [1.807, 2.05) is 0 Å². The third-order valence-electron chi connectivity index (χ3n) is 4.26. The number of hydrogen-bond donors (Lipinski definition) is 2. The first-order valence-corrected chi connectivity index (χ1v) is 8.23. The van der Waals surface area contributed by atoms with Crippen LogP contribution in [0, 0.1) is 0 Å². The minimum Gasteiger partial charge on any atom is -0.398 e. The van der Waals surface area contributed by atoms with Crippen molar-refractivity contribution in [2.45, 2.75) is 38.5 Å². The van der Waals surface area contributed by atoms with Crippen LogP contribution in [0.2, 0.25) is 0 Å². The molecule has 2 rings (SSSR count). The van der Waals surface area contributed by atoms with E-state index in [1.54, 1.807) is 0 Å². The number of quaternary nitrogens is 1. The highest BCUT2D eigenvalue weighted by atomic mass is 15.1. The van der Waals surface area contributed by atoms with Crippen LogP contribution in [0.3, 0.4) is 0 Å². The Morgan fingerprint density at radius 2 is 1.86 bits per heavy atom. The molecule has 1 saturated carbocycles. The van der Waals surface area contributed by atoms with Crippen LogP contribution >= 0.6 is 0 Å². The average Bonchev–Trinajstić information content (AvgIpc) is 2.52. The zero-order valence-electron chi connectivity index (χ0n) is 13.6. The topological polar surface area (TPSA) is 45.9 Å². The van der Waals surface area contributed by atoms with E-state index in [1.165, 1.54) is 55.3 Å². The van der Waals surface area contributed by atoms with E-state index in [-0.39, 0.29) is 0 Å². The molecular weight excluding hydrogens is 258 g/mol. The number of para-hydroxylation sites is 1. The lowest BCUT2D eigenvalue weighted by molar-refractivity contribution is -0.572. The highest BCUT2D eigenvalue weighted by Gasteiger charge is 2.14. The molecule has 0 spiro atoms. The summed E-state index contributed by atoms with van der Waals surface area (Å²) in [5, 5.41) is 2.34. The Hall–Kier alpha value is -1.32. The largest absolute Gasteiger partial charge is 0.398 e. The fourth-order valence-electron chi connectivity index (χ4n) is 3.02. The highest BCUT2D eigenvalue weighted by molar-refractivity contribution is 5.72. The fraction of sp³-hybridized carbons (Fsp3) is 0.556. The number of nitrogens with zero attached hydrogens (tertiary/aromatic N) is 1. The van der Waals surface area contributed by atoms with Gasteiger partial charge in [0, 0.05) is 18.7 Å². The molecule has 1 aromatic rings. The van der Waals surface area contributed by atoms with Gasteiger partial charge in [-0.1, -0.05) is 18.6 Å². The normalized spacial score (nSPS) is 15.5. The Balaban J connectivity index is 2.05. The van der Waals surface area contributed by atoms with Crippen molar-refractivity contribution in [1.29, 1.82) is 0 Å². The molecule has 0 saturated heterocycles. The van der Waals surface area contributed by atoms with E-state index in [4.69, 9.17) is 5.73 Å². The molecule has 116 valence electrons. The lowest BCUT2D eigenvalue weighted by atomic mass is 9.91. The zero-order valence-corrected chi connectivity index (χ0v) is 13.6. The second-order valence-electron chi connectivity index (χ2n) is 6.31. The first-order chi connectivity index (χ1) is 10.2. The molecule has 0 amide bonds. The van der Waals surface area contributed by atoms with Gasteiger partial charge in [-0.2, -0.15) is 0 Å². The minimum absolute atomic E-state index is 1.04. The molecule has 1 aliphatic rings. The standard InChI is InChI=1S/C18H29N3/c1-21(2)14-8-13-20-17-12-7-6-11-16(17)18(19)15-9-4-3-5-10-15/h6-7,11-12,20H,3-5,8-10,13-14,19H2,1-2H3/p+1. The third kappa shape index (κ3) is 4.87. The van der Waals surface area contributed by atoms with E-state index < -0.39 is 0 Å². The van der Waals surface area contributed by atoms with Crippen LogP contribution in [0.1, 0.15) is 44.1 Å². The summed E-state index contributed by atoms with van der Waals surface area (Å²) in [7, 11) is 4.25. The Labute approximate surface area is 129 Å². The number of hydrogen-bond acceptors (Lipinski definition) is 2.